The first-order valence-electron chi connectivity index (χ1n) is 9.66. The molecule has 1 aliphatic carbocycles. The van der Waals surface area contributed by atoms with Crippen molar-refractivity contribution in [2.24, 2.45) is 0 Å². The van der Waals surface area contributed by atoms with Crippen LogP contribution in [0.1, 0.15) is 37.3 Å². The monoisotopic (exact) mass is 337 g/mol. The molecule has 3 nitrogen and oxygen atoms in total. The van der Waals surface area contributed by atoms with Crippen LogP contribution >= 0.6 is 0 Å². The van der Waals surface area contributed by atoms with Crippen molar-refractivity contribution in [2.75, 3.05) is 30.7 Å². The van der Waals surface area contributed by atoms with Crippen molar-refractivity contribution in [3.05, 3.63) is 59.7 Å². The average molecular weight is 338 g/mol. The summed E-state index contributed by atoms with van der Waals surface area (Å²) < 4.78 is 0. The molecule has 0 atom stereocenters. The molecule has 0 saturated carbocycles. The van der Waals surface area contributed by atoms with Gasteiger partial charge < -0.3 is 11.1 Å². The Hall–Kier alpha value is -2.00. The number of hydrogen-bond donors (Lipinski definition) is 2. The van der Waals surface area contributed by atoms with Gasteiger partial charge in [0, 0.05) is 24.0 Å². The Morgan fingerprint density at radius 2 is 1.64 bits per heavy atom. The normalized spacial score (nSPS) is 14.0. The van der Waals surface area contributed by atoms with Crippen LogP contribution in [0.5, 0.6) is 0 Å². The largest absolute Gasteiger partial charge is 0.399 e. The Labute approximate surface area is 152 Å². The van der Waals surface area contributed by atoms with Gasteiger partial charge in [0.1, 0.15) is 0 Å². The number of unbranched alkanes of at least 4 members (excludes halogenated alkanes) is 1. The molecule has 0 aliphatic heterocycles. The smallest absolute Gasteiger partial charge is 0.0341 e. The first kappa shape index (κ1) is 17.8. The molecule has 2 aromatic rings. The summed E-state index contributed by atoms with van der Waals surface area (Å²) in [6.07, 6.45) is 6.12. The number of nitrogens with zero attached hydrogens (tertiary/aromatic N) is 1. The van der Waals surface area contributed by atoms with E-state index >= 15 is 0 Å². The Balaban J connectivity index is 1.41. The molecular weight excluding hydrogens is 306 g/mol. The molecular formula is C22H31N3. The molecule has 0 spiro atoms. The Bertz CT molecular complexity index is 626. The van der Waals surface area contributed by atoms with Gasteiger partial charge in [-0.3, -0.25) is 4.90 Å². The predicted molar refractivity (Wildman–Crippen MR) is 108 cm³/mol. The van der Waals surface area contributed by atoms with E-state index in [2.05, 4.69) is 53.5 Å². The van der Waals surface area contributed by atoms with Crippen LogP contribution in [0.25, 0.3) is 0 Å². The van der Waals surface area contributed by atoms with Crippen molar-refractivity contribution in [1.29, 1.82) is 0 Å². The van der Waals surface area contributed by atoms with Gasteiger partial charge in [-0.05, 0) is 80.6 Å². The van der Waals surface area contributed by atoms with Crippen molar-refractivity contribution in [2.45, 2.75) is 45.1 Å². The maximum absolute atomic E-state index is 5.72. The molecule has 0 saturated heterocycles. The highest BCUT2D eigenvalue weighted by atomic mass is 15.2. The quantitative estimate of drug-likeness (QED) is 0.528. The first-order chi connectivity index (χ1) is 12.3. The first-order valence-corrected chi connectivity index (χ1v) is 9.66. The van der Waals surface area contributed by atoms with Crippen LogP contribution in [0.3, 0.4) is 0 Å². The Morgan fingerprint density at radius 1 is 0.960 bits per heavy atom. The summed E-state index contributed by atoms with van der Waals surface area (Å²) in [6, 6.07) is 17.6. The minimum absolute atomic E-state index is 0.697. The zero-order chi connectivity index (χ0) is 17.5. The maximum Gasteiger partial charge on any atom is 0.0341 e. The molecule has 25 heavy (non-hydrogen) atoms. The van der Waals surface area contributed by atoms with Gasteiger partial charge in [-0.2, -0.15) is 0 Å². The standard InChI is InChI=1S/C22H31N3/c1-2-14-25(22-16-18-7-3-4-8-19(18)17-22)15-6-5-13-24-21-11-9-20(23)10-12-21/h3-4,7-12,22,24H,2,5-6,13-17,23H2,1H3. The minimum Gasteiger partial charge on any atom is -0.399 e. The summed E-state index contributed by atoms with van der Waals surface area (Å²) in [5.41, 5.74) is 10.8. The van der Waals surface area contributed by atoms with E-state index in [1.54, 1.807) is 11.1 Å². The van der Waals surface area contributed by atoms with Gasteiger partial charge in [-0.15, -0.1) is 0 Å². The second-order valence-corrected chi connectivity index (χ2v) is 7.12. The van der Waals surface area contributed by atoms with Gasteiger partial charge in [0.05, 0.1) is 0 Å². The second kappa shape index (κ2) is 8.91. The van der Waals surface area contributed by atoms with Crippen LogP contribution < -0.4 is 11.1 Å². The summed E-state index contributed by atoms with van der Waals surface area (Å²) in [5, 5.41) is 3.49. The van der Waals surface area contributed by atoms with Crippen LogP contribution in [0.2, 0.25) is 0 Å². The summed E-state index contributed by atoms with van der Waals surface area (Å²) in [4.78, 5) is 2.71. The lowest BCUT2D eigenvalue weighted by Gasteiger charge is -2.28. The summed E-state index contributed by atoms with van der Waals surface area (Å²) >= 11 is 0. The van der Waals surface area contributed by atoms with Crippen LogP contribution in [0.4, 0.5) is 11.4 Å². The molecule has 0 amide bonds. The molecule has 3 N–H and O–H groups in total. The average Bonchev–Trinajstić information content (AvgIpc) is 3.06. The van der Waals surface area contributed by atoms with Gasteiger partial charge in [-0.1, -0.05) is 31.2 Å². The molecule has 0 aromatic heterocycles. The lowest BCUT2D eigenvalue weighted by molar-refractivity contribution is 0.198. The number of anilines is 2. The minimum atomic E-state index is 0.697. The van der Waals surface area contributed by atoms with E-state index in [0.717, 1.165) is 17.9 Å². The number of nitrogens with two attached hydrogens (primary N) is 1. The highest BCUT2D eigenvalue weighted by molar-refractivity contribution is 5.51. The fourth-order valence-corrected chi connectivity index (χ4v) is 3.83. The van der Waals surface area contributed by atoms with Crippen LogP contribution in [0, 0.1) is 0 Å². The Kier molecular flexibility index (Phi) is 6.35. The van der Waals surface area contributed by atoms with Gasteiger partial charge >= 0.3 is 0 Å². The number of nitrogens with one attached hydrogen (secondary N) is 1. The van der Waals surface area contributed by atoms with Crippen LogP contribution in [-0.4, -0.2) is 30.6 Å². The van der Waals surface area contributed by atoms with Crippen LogP contribution in [-0.2, 0) is 12.8 Å². The third-order valence-corrected chi connectivity index (χ3v) is 5.17. The van der Waals surface area contributed by atoms with E-state index < -0.39 is 0 Å². The highest BCUT2D eigenvalue weighted by Gasteiger charge is 2.25. The van der Waals surface area contributed by atoms with Crippen LogP contribution in [0.15, 0.2) is 48.5 Å². The second-order valence-electron chi connectivity index (χ2n) is 7.12. The fourth-order valence-electron chi connectivity index (χ4n) is 3.83. The van der Waals surface area contributed by atoms with E-state index in [0.29, 0.717) is 6.04 Å². The van der Waals surface area contributed by atoms with Crippen molar-refractivity contribution in [3.63, 3.8) is 0 Å². The maximum atomic E-state index is 5.72. The SMILES string of the molecule is CCCN(CCCCNc1ccc(N)cc1)C1Cc2ccccc2C1. The zero-order valence-electron chi connectivity index (χ0n) is 15.4. The lowest BCUT2D eigenvalue weighted by atomic mass is 10.1. The van der Waals surface area contributed by atoms with E-state index in [9.17, 15) is 0 Å². The van der Waals surface area contributed by atoms with E-state index in [-0.39, 0.29) is 0 Å². The number of benzene rings is 2. The molecule has 0 radical (unpaired) electrons. The molecule has 0 unspecified atom stereocenters. The third-order valence-electron chi connectivity index (χ3n) is 5.17. The third kappa shape index (κ3) is 4.99. The number of fused-ring (bicyclic) bond motifs is 1. The topological polar surface area (TPSA) is 41.3 Å². The molecule has 0 heterocycles. The van der Waals surface area contributed by atoms with Gasteiger partial charge in [-0.25, -0.2) is 0 Å². The molecule has 134 valence electrons. The molecule has 1 aliphatic rings. The van der Waals surface area contributed by atoms with E-state index in [1.165, 1.54) is 45.2 Å². The van der Waals surface area contributed by atoms with Gasteiger partial charge in [0.15, 0.2) is 0 Å². The van der Waals surface area contributed by atoms with Crippen molar-refractivity contribution in [1.82, 2.24) is 4.90 Å². The summed E-state index contributed by atoms with van der Waals surface area (Å²) in [7, 11) is 0. The summed E-state index contributed by atoms with van der Waals surface area (Å²) in [5.74, 6) is 0. The van der Waals surface area contributed by atoms with Gasteiger partial charge in [0.25, 0.3) is 0 Å². The molecule has 0 bridgehead atoms. The highest BCUT2D eigenvalue weighted by Crippen LogP contribution is 2.25. The Morgan fingerprint density at radius 3 is 2.28 bits per heavy atom. The number of nitrogen functional groups attached to an aromatic ring is 1. The van der Waals surface area contributed by atoms with E-state index in [4.69, 9.17) is 5.73 Å². The molecule has 0 fully saturated rings. The number of hydrogen-bond acceptors (Lipinski definition) is 3. The predicted octanol–water partition coefficient (Wildman–Crippen LogP) is 4.34. The van der Waals surface area contributed by atoms with Crippen molar-refractivity contribution >= 4 is 11.4 Å². The van der Waals surface area contributed by atoms with Crippen molar-refractivity contribution in [3.8, 4) is 0 Å². The lowest BCUT2D eigenvalue weighted by Crippen LogP contribution is -2.37. The fraction of sp³-hybridized carbons (Fsp3) is 0.455. The molecule has 2 aromatic carbocycles. The molecule has 3 rings (SSSR count). The van der Waals surface area contributed by atoms with Crippen molar-refractivity contribution < 1.29 is 0 Å². The van der Waals surface area contributed by atoms with E-state index in [1.807, 2.05) is 12.1 Å². The zero-order valence-corrected chi connectivity index (χ0v) is 15.4. The van der Waals surface area contributed by atoms with Gasteiger partial charge in [0.2, 0.25) is 0 Å². The summed E-state index contributed by atoms with van der Waals surface area (Å²) in [6.45, 7) is 5.73. The number of rotatable bonds is 9. The molecule has 3 heteroatoms.